The van der Waals surface area contributed by atoms with Gasteiger partial charge in [0.15, 0.2) is 5.96 Å². The first-order valence-corrected chi connectivity index (χ1v) is 8.71. The van der Waals surface area contributed by atoms with Crippen molar-refractivity contribution < 1.29 is 17.9 Å². The zero-order valence-electron chi connectivity index (χ0n) is 14.8. The van der Waals surface area contributed by atoms with Crippen molar-refractivity contribution >= 4 is 29.9 Å². The molecule has 1 aromatic carbocycles. The van der Waals surface area contributed by atoms with Crippen molar-refractivity contribution in [2.45, 2.75) is 31.5 Å². The van der Waals surface area contributed by atoms with Crippen molar-refractivity contribution in [3.8, 4) is 0 Å². The number of hydrogen-bond donors (Lipinski definition) is 1. The van der Waals surface area contributed by atoms with Gasteiger partial charge >= 0.3 is 6.18 Å². The number of aliphatic imine (C=N–C) groups is 1. The van der Waals surface area contributed by atoms with E-state index in [1.165, 1.54) is 25.0 Å². The zero-order chi connectivity index (χ0) is 17.9. The van der Waals surface area contributed by atoms with Crippen LogP contribution in [0.4, 0.5) is 13.2 Å². The lowest BCUT2D eigenvalue weighted by molar-refractivity contribution is -0.137. The Labute approximate surface area is 169 Å². The molecule has 1 N–H and O–H groups in total. The normalized spacial score (nSPS) is 21.3. The molecule has 0 bridgehead atoms. The molecule has 0 amide bonds. The van der Waals surface area contributed by atoms with Crippen LogP contribution >= 0.6 is 24.0 Å². The summed E-state index contributed by atoms with van der Waals surface area (Å²) in [6.07, 6.45) is -0.964. The molecule has 1 saturated heterocycles. The largest absolute Gasteiger partial charge is 0.416 e. The summed E-state index contributed by atoms with van der Waals surface area (Å²) in [6.45, 7) is 2.51. The molecular weight excluding hydrogens is 458 g/mol. The summed E-state index contributed by atoms with van der Waals surface area (Å²) in [5.41, 5.74) is -0.0920. The van der Waals surface area contributed by atoms with Crippen LogP contribution in [0.3, 0.4) is 0 Å². The maximum absolute atomic E-state index is 12.9. The molecule has 4 nitrogen and oxygen atoms in total. The number of halogens is 4. The van der Waals surface area contributed by atoms with Crippen LogP contribution in [0.25, 0.3) is 0 Å². The van der Waals surface area contributed by atoms with E-state index in [4.69, 9.17) is 4.74 Å². The number of hydrogen-bond acceptors (Lipinski definition) is 2. The van der Waals surface area contributed by atoms with Crippen LogP contribution in [0.15, 0.2) is 29.3 Å². The average molecular weight is 483 g/mol. The van der Waals surface area contributed by atoms with Crippen LogP contribution in [-0.4, -0.2) is 44.1 Å². The van der Waals surface area contributed by atoms with Gasteiger partial charge in [0.05, 0.1) is 18.7 Å². The fourth-order valence-electron chi connectivity index (χ4n) is 3.09. The Bertz CT molecular complexity index is 620. The molecule has 1 saturated carbocycles. The van der Waals surface area contributed by atoms with E-state index in [0.717, 1.165) is 30.9 Å². The maximum Gasteiger partial charge on any atom is 0.416 e. The minimum absolute atomic E-state index is 0. The first kappa shape index (κ1) is 21.3. The molecule has 0 radical (unpaired) electrons. The second-order valence-corrected chi connectivity index (χ2v) is 6.63. The lowest BCUT2D eigenvalue weighted by atomic mass is 10.0. The van der Waals surface area contributed by atoms with Crippen LogP contribution < -0.4 is 5.32 Å². The van der Waals surface area contributed by atoms with Gasteiger partial charge in [0, 0.05) is 20.1 Å². The summed E-state index contributed by atoms with van der Waals surface area (Å²) in [6, 6.07) is 5.38. The quantitative estimate of drug-likeness (QED) is 0.399. The molecule has 1 atom stereocenters. The van der Waals surface area contributed by atoms with Gasteiger partial charge < -0.3 is 15.0 Å². The van der Waals surface area contributed by atoms with E-state index < -0.39 is 17.8 Å². The predicted molar refractivity (Wildman–Crippen MR) is 106 cm³/mol. The van der Waals surface area contributed by atoms with Crippen molar-refractivity contribution in [2.24, 2.45) is 10.9 Å². The summed E-state index contributed by atoms with van der Waals surface area (Å²) >= 11 is 0. The Kier molecular flexibility index (Phi) is 7.57. The Hall–Kier alpha value is -1.03. The van der Waals surface area contributed by atoms with Crippen LogP contribution in [0, 0.1) is 5.92 Å². The van der Waals surface area contributed by atoms with Crippen molar-refractivity contribution in [3.05, 3.63) is 35.4 Å². The standard InChI is InChI=1S/C18H24F3N3O.HI/c1-22-17(23-8-7-13-5-6-13)24-9-10-25-16(12-24)14-3-2-4-15(11-14)18(19,20)21;/h2-4,11,13,16H,5-10,12H2,1H3,(H,22,23);1H. The summed E-state index contributed by atoms with van der Waals surface area (Å²) in [5.74, 6) is 1.63. The molecule has 2 aliphatic rings. The lowest BCUT2D eigenvalue weighted by Gasteiger charge is -2.35. The molecule has 0 aromatic heterocycles. The van der Waals surface area contributed by atoms with E-state index in [0.29, 0.717) is 25.3 Å². The highest BCUT2D eigenvalue weighted by Crippen LogP contribution is 2.33. The number of benzene rings is 1. The van der Waals surface area contributed by atoms with Gasteiger partial charge in [-0.25, -0.2) is 0 Å². The highest BCUT2D eigenvalue weighted by Gasteiger charge is 2.32. The highest BCUT2D eigenvalue weighted by molar-refractivity contribution is 14.0. The van der Waals surface area contributed by atoms with Gasteiger partial charge in [-0.3, -0.25) is 4.99 Å². The molecule has 146 valence electrons. The van der Waals surface area contributed by atoms with Crippen LogP contribution in [-0.2, 0) is 10.9 Å². The maximum atomic E-state index is 12.9. The second kappa shape index (κ2) is 9.25. The van der Waals surface area contributed by atoms with Crippen LogP contribution in [0.1, 0.15) is 36.5 Å². The molecule has 1 aliphatic carbocycles. The Morgan fingerprint density at radius 2 is 2.12 bits per heavy atom. The van der Waals surface area contributed by atoms with Crippen molar-refractivity contribution in [2.75, 3.05) is 33.3 Å². The minimum Gasteiger partial charge on any atom is -0.370 e. The zero-order valence-corrected chi connectivity index (χ0v) is 17.1. The van der Waals surface area contributed by atoms with E-state index in [2.05, 4.69) is 15.2 Å². The lowest BCUT2D eigenvalue weighted by Crippen LogP contribution is -2.48. The smallest absolute Gasteiger partial charge is 0.370 e. The third kappa shape index (κ3) is 5.73. The monoisotopic (exact) mass is 483 g/mol. The van der Waals surface area contributed by atoms with E-state index in [-0.39, 0.29) is 24.0 Å². The van der Waals surface area contributed by atoms with Crippen LogP contribution in [0.5, 0.6) is 0 Å². The predicted octanol–water partition coefficient (Wildman–Crippen LogP) is 4.07. The Morgan fingerprint density at radius 1 is 1.35 bits per heavy atom. The fraction of sp³-hybridized carbons (Fsp3) is 0.611. The molecule has 3 rings (SSSR count). The number of nitrogens with zero attached hydrogens (tertiary/aromatic N) is 2. The average Bonchev–Trinajstić information content (AvgIpc) is 3.43. The number of alkyl halides is 3. The second-order valence-electron chi connectivity index (χ2n) is 6.63. The van der Waals surface area contributed by atoms with Crippen molar-refractivity contribution in [1.29, 1.82) is 0 Å². The van der Waals surface area contributed by atoms with Crippen molar-refractivity contribution in [3.63, 3.8) is 0 Å². The van der Waals surface area contributed by atoms with Gasteiger partial charge in [-0.15, -0.1) is 24.0 Å². The fourth-order valence-corrected chi connectivity index (χ4v) is 3.09. The van der Waals surface area contributed by atoms with Crippen LogP contribution in [0.2, 0.25) is 0 Å². The van der Waals surface area contributed by atoms with E-state index in [9.17, 15) is 13.2 Å². The topological polar surface area (TPSA) is 36.9 Å². The molecule has 2 fully saturated rings. The molecular formula is C18H25F3IN3O. The van der Waals surface area contributed by atoms with E-state index in [1.54, 1.807) is 13.1 Å². The number of ether oxygens (including phenoxy) is 1. The number of morpholine rings is 1. The molecule has 26 heavy (non-hydrogen) atoms. The first-order chi connectivity index (χ1) is 12.0. The molecule has 1 heterocycles. The Balaban J connectivity index is 0.00000243. The third-order valence-corrected chi connectivity index (χ3v) is 4.70. The van der Waals surface area contributed by atoms with Gasteiger partial charge in [0.25, 0.3) is 0 Å². The Morgan fingerprint density at radius 3 is 2.77 bits per heavy atom. The highest BCUT2D eigenvalue weighted by atomic mass is 127. The SMILES string of the molecule is CN=C(NCCC1CC1)N1CCOC(c2cccc(C(F)(F)F)c2)C1.I. The molecule has 1 aliphatic heterocycles. The molecule has 1 unspecified atom stereocenters. The minimum atomic E-state index is -4.34. The van der Waals surface area contributed by atoms with Crippen molar-refractivity contribution in [1.82, 2.24) is 10.2 Å². The van der Waals surface area contributed by atoms with Gasteiger partial charge in [-0.1, -0.05) is 25.0 Å². The summed E-state index contributed by atoms with van der Waals surface area (Å²) in [4.78, 5) is 6.37. The number of guanidine groups is 1. The summed E-state index contributed by atoms with van der Waals surface area (Å²) in [5, 5.41) is 3.36. The summed E-state index contributed by atoms with van der Waals surface area (Å²) in [7, 11) is 1.73. The third-order valence-electron chi connectivity index (χ3n) is 4.70. The first-order valence-electron chi connectivity index (χ1n) is 8.71. The summed E-state index contributed by atoms with van der Waals surface area (Å²) < 4.78 is 44.5. The van der Waals surface area contributed by atoms with E-state index in [1.807, 2.05) is 0 Å². The number of nitrogens with one attached hydrogen (secondary N) is 1. The molecule has 0 spiro atoms. The molecule has 1 aromatic rings. The van der Waals surface area contributed by atoms with Gasteiger partial charge in [-0.05, 0) is 30.0 Å². The van der Waals surface area contributed by atoms with E-state index >= 15 is 0 Å². The van der Waals surface area contributed by atoms with Gasteiger partial charge in [0.1, 0.15) is 6.10 Å². The van der Waals surface area contributed by atoms with Gasteiger partial charge in [0.2, 0.25) is 0 Å². The molecule has 8 heteroatoms. The van der Waals surface area contributed by atoms with Gasteiger partial charge in [-0.2, -0.15) is 13.2 Å². The number of rotatable bonds is 4.